The van der Waals surface area contributed by atoms with Crippen LogP contribution in [0.25, 0.3) is 0 Å². The highest BCUT2D eigenvalue weighted by Crippen LogP contribution is 2.06. The number of amides is 1. The smallest absolute Gasteiger partial charge is 0.271 e. The third-order valence-corrected chi connectivity index (χ3v) is 2.38. The summed E-state index contributed by atoms with van der Waals surface area (Å²) >= 11 is 0. The molecule has 1 aromatic rings. The first-order valence-electron chi connectivity index (χ1n) is 5.33. The first kappa shape index (κ1) is 13.4. The molecule has 0 saturated carbocycles. The Morgan fingerprint density at radius 1 is 1.41 bits per heavy atom. The zero-order chi connectivity index (χ0) is 12.9. The Bertz CT molecular complexity index is 376. The minimum atomic E-state index is -0.395. The zero-order valence-corrected chi connectivity index (χ0v) is 10.6. The lowest BCUT2D eigenvalue weighted by molar-refractivity contribution is 0.0228. The summed E-state index contributed by atoms with van der Waals surface area (Å²) in [6, 6.07) is 3.32. The molecule has 2 N–H and O–H groups in total. The van der Waals surface area contributed by atoms with Crippen molar-refractivity contribution in [2.75, 3.05) is 26.0 Å². The van der Waals surface area contributed by atoms with Crippen LogP contribution in [0.1, 0.15) is 24.3 Å². The van der Waals surface area contributed by atoms with Crippen LogP contribution in [0, 0.1) is 0 Å². The number of methoxy groups -OCH3 is 1. The summed E-state index contributed by atoms with van der Waals surface area (Å²) in [5.74, 6) is 0.365. The number of aromatic nitrogens is 2. The normalized spacial score (nSPS) is 11.1. The first-order valence-corrected chi connectivity index (χ1v) is 5.33. The number of anilines is 1. The molecule has 0 radical (unpaired) electrons. The summed E-state index contributed by atoms with van der Waals surface area (Å²) in [5, 5.41) is 13.2. The van der Waals surface area contributed by atoms with Gasteiger partial charge in [0.2, 0.25) is 0 Å². The van der Waals surface area contributed by atoms with Gasteiger partial charge in [0.1, 0.15) is 5.82 Å². The van der Waals surface area contributed by atoms with Gasteiger partial charge in [0.05, 0.1) is 5.60 Å². The van der Waals surface area contributed by atoms with Gasteiger partial charge in [-0.15, -0.1) is 10.2 Å². The second-order valence-corrected chi connectivity index (χ2v) is 4.20. The predicted molar refractivity (Wildman–Crippen MR) is 65.0 cm³/mol. The summed E-state index contributed by atoms with van der Waals surface area (Å²) in [6.45, 7) is 4.20. The highest BCUT2D eigenvalue weighted by Gasteiger charge is 2.18. The maximum Gasteiger partial charge on any atom is 0.271 e. The molecule has 0 bridgehead atoms. The van der Waals surface area contributed by atoms with E-state index in [4.69, 9.17) is 4.74 Å². The van der Waals surface area contributed by atoms with Crippen LogP contribution < -0.4 is 10.6 Å². The molecule has 17 heavy (non-hydrogen) atoms. The third kappa shape index (κ3) is 3.99. The zero-order valence-electron chi connectivity index (χ0n) is 10.6. The number of nitrogens with zero attached hydrogens (tertiary/aromatic N) is 2. The Hall–Kier alpha value is -1.69. The summed E-state index contributed by atoms with van der Waals surface area (Å²) in [7, 11) is 3.35. The highest BCUT2D eigenvalue weighted by molar-refractivity contribution is 5.92. The Kier molecular flexibility index (Phi) is 4.39. The van der Waals surface area contributed by atoms with Crippen LogP contribution in [0.2, 0.25) is 0 Å². The SMILES string of the molecule is CNc1ccc(C(=O)NCC(C)(C)OC)nn1. The molecule has 0 unspecified atom stereocenters. The molecule has 0 atom stereocenters. The van der Waals surface area contributed by atoms with Gasteiger partial charge in [-0.25, -0.2) is 0 Å². The molecule has 1 heterocycles. The van der Waals surface area contributed by atoms with Gasteiger partial charge in [-0.2, -0.15) is 0 Å². The molecule has 0 fully saturated rings. The van der Waals surface area contributed by atoms with Crippen molar-refractivity contribution in [3.63, 3.8) is 0 Å². The van der Waals surface area contributed by atoms with Crippen LogP contribution >= 0.6 is 0 Å². The summed E-state index contributed by atoms with van der Waals surface area (Å²) in [5.41, 5.74) is -0.107. The molecule has 0 aliphatic heterocycles. The van der Waals surface area contributed by atoms with Gasteiger partial charge in [-0.05, 0) is 26.0 Å². The Balaban J connectivity index is 2.58. The molecule has 0 saturated heterocycles. The summed E-state index contributed by atoms with van der Waals surface area (Å²) < 4.78 is 5.20. The average Bonchev–Trinajstić information content (AvgIpc) is 2.36. The van der Waals surface area contributed by atoms with E-state index in [1.54, 1.807) is 26.3 Å². The van der Waals surface area contributed by atoms with E-state index in [9.17, 15) is 4.79 Å². The van der Waals surface area contributed by atoms with E-state index in [0.717, 1.165) is 0 Å². The summed E-state index contributed by atoms with van der Waals surface area (Å²) in [4.78, 5) is 11.7. The second kappa shape index (κ2) is 5.58. The van der Waals surface area contributed by atoms with Crippen LogP contribution in [-0.2, 0) is 4.74 Å². The monoisotopic (exact) mass is 238 g/mol. The molecular weight excluding hydrogens is 220 g/mol. The minimum absolute atomic E-state index is 0.259. The fourth-order valence-electron chi connectivity index (χ4n) is 1.04. The molecule has 0 aromatic carbocycles. The minimum Gasteiger partial charge on any atom is -0.377 e. The molecule has 0 aliphatic rings. The van der Waals surface area contributed by atoms with Gasteiger partial charge in [-0.3, -0.25) is 4.79 Å². The predicted octanol–water partition coefficient (Wildman–Crippen LogP) is 0.673. The molecule has 94 valence electrons. The fourth-order valence-corrected chi connectivity index (χ4v) is 1.04. The van der Waals surface area contributed by atoms with Crippen LogP contribution in [0.3, 0.4) is 0 Å². The van der Waals surface area contributed by atoms with Gasteiger partial charge in [0.25, 0.3) is 5.91 Å². The van der Waals surface area contributed by atoms with Gasteiger partial charge < -0.3 is 15.4 Å². The molecule has 0 aliphatic carbocycles. The van der Waals surface area contributed by atoms with E-state index >= 15 is 0 Å². The van der Waals surface area contributed by atoms with Crippen molar-refractivity contribution in [2.24, 2.45) is 0 Å². The number of nitrogens with one attached hydrogen (secondary N) is 2. The fraction of sp³-hybridized carbons (Fsp3) is 0.545. The number of ether oxygens (including phenoxy) is 1. The van der Waals surface area contributed by atoms with Crippen molar-refractivity contribution in [2.45, 2.75) is 19.4 Å². The molecular formula is C11H18N4O2. The molecule has 6 heteroatoms. The lowest BCUT2D eigenvalue weighted by Crippen LogP contribution is -2.40. The van der Waals surface area contributed by atoms with Gasteiger partial charge >= 0.3 is 0 Å². The van der Waals surface area contributed by atoms with Crippen LogP contribution in [0.4, 0.5) is 5.82 Å². The van der Waals surface area contributed by atoms with Crippen molar-refractivity contribution in [1.29, 1.82) is 0 Å². The number of carbonyl (C=O) groups excluding carboxylic acids is 1. The largest absolute Gasteiger partial charge is 0.377 e. The maximum atomic E-state index is 11.7. The van der Waals surface area contributed by atoms with E-state index in [0.29, 0.717) is 12.4 Å². The van der Waals surface area contributed by atoms with Crippen LogP contribution in [0.15, 0.2) is 12.1 Å². The molecule has 1 rings (SSSR count). The van der Waals surface area contributed by atoms with Crippen LogP contribution in [-0.4, -0.2) is 42.4 Å². The average molecular weight is 238 g/mol. The Morgan fingerprint density at radius 3 is 2.59 bits per heavy atom. The standard InChI is InChI=1S/C11H18N4O2/c1-11(2,17-4)7-13-10(16)8-5-6-9(12-3)15-14-8/h5-6H,7H2,1-4H3,(H,12,15)(H,13,16). The molecule has 1 aromatic heterocycles. The maximum absolute atomic E-state index is 11.7. The molecule has 6 nitrogen and oxygen atoms in total. The quantitative estimate of drug-likeness (QED) is 0.788. The van der Waals surface area contributed by atoms with E-state index in [2.05, 4.69) is 20.8 Å². The lowest BCUT2D eigenvalue weighted by Gasteiger charge is -2.22. The lowest BCUT2D eigenvalue weighted by atomic mass is 10.1. The van der Waals surface area contributed by atoms with Gasteiger partial charge in [-0.1, -0.05) is 0 Å². The van der Waals surface area contributed by atoms with E-state index < -0.39 is 5.60 Å². The number of rotatable bonds is 5. The van der Waals surface area contributed by atoms with Crippen molar-refractivity contribution >= 4 is 11.7 Å². The van der Waals surface area contributed by atoms with Crippen molar-refractivity contribution < 1.29 is 9.53 Å². The Labute approximate surface area is 101 Å². The van der Waals surface area contributed by atoms with Crippen LogP contribution in [0.5, 0.6) is 0 Å². The van der Waals surface area contributed by atoms with Crippen molar-refractivity contribution in [3.05, 3.63) is 17.8 Å². The van der Waals surface area contributed by atoms with Gasteiger partial charge in [0, 0.05) is 20.7 Å². The van der Waals surface area contributed by atoms with E-state index in [1.165, 1.54) is 0 Å². The van der Waals surface area contributed by atoms with Crippen molar-refractivity contribution in [1.82, 2.24) is 15.5 Å². The number of hydrogen-bond donors (Lipinski definition) is 2. The van der Waals surface area contributed by atoms with Gasteiger partial charge in [0.15, 0.2) is 5.69 Å². The summed E-state index contributed by atoms with van der Waals surface area (Å²) in [6.07, 6.45) is 0. The molecule has 1 amide bonds. The highest BCUT2D eigenvalue weighted by atomic mass is 16.5. The van der Waals surface area contributed by atoms with Crippen molar-refractivity contribution in [3.8, 4) is 0 Å². The Morgan fingerprint density at radius 2 is 2.12 bits per heavy atom. The molecule has 0 spiro atoms. The second-order valence-electron chi connectivity index (χ2n) is 4.20. The number of hydrogen-bond acceptors (Lipinski definition) is 5. The van der Waals surface area contributed by atoms with E-state index in [-0.39, 0.29) is 11.6 Å². The van der Waals surface area contributed by atoms with E-state index in [1.807, 2.05) is 13.8 Å². The first-order chi connectivity index (χ1) is 7.98. The third-order valence-electron chi connectivity index (χ3n) is 2.38. The number of carbonyl (C=O) groups is 1. The topological polar surface area (TPSA) is 76.1 Å².